The van der Waals surface area contributed by atoms with Gasteiger partial charge in [0.25, 0.3) is 5.91 Å². The fourth-order valence-electron chi connectivity index (χ4n) is 4.00. The molecule has 4 aromatic rings. The molecule has 0 fully saturated rings. The van der Waals surface area contributed by atoms with Gasteiger partial charge in [-0.2, -0.15) is 5.10 Å². The molecule has 0 saturated heterocycles. The number of hydrogen-bond donors (Lipinski definition) is 0. The molecule has 34 heavy (non-hydrogen) atoms. The Morgan fingerprint density at radius 1 is 1.09 bits per heavy atom. The minimum Gasteiger partial charge on any atom is -0.497 e. The van der Waals surface area contributed by atoms with Gasteiger partial charge in [-0.05, 0) is 47.5 Å². The van der Waals surface area contributed by atoms with Gasteiger partial charge in [-0.1, -0.05) is 42.1 Å². The molecule has 1 atom stereocenters. The molecule has 7 nitrogen and oxygen atoms in total. The summed E-state index contributed by atoms with van der Waals surface area (Å²) in [5.41, 5.74) is 3.88. The summed E-state index contributed by atoms with van der Waals surface area (Å²) in [4.78, 5) is 17.8. The zero-order valence-corrected chi connectivity index (χ0v) is 19.7. The number of amides is 1. The van der Waals surface area contributed by atoms with Gasteiger partial charge in [0.2, 0.25) is 0 Å². The molecular weight excluding hydrogens is 448 g/mol. The third kappa shape index (κ3) is 4.36. The summed E-state index contributed by atoms with van der Waals surface area (Å²) in [5, 5.41) is 7.02. The number of methoxy groups -OCH3 is 1. The molecule has 1 amide bonds. The zero-order valence-electron chi connectivity index (χ0n) is 18.9. The first kappa shape index (κ1) is 22.0. The zero-order chi connectivity index (χ0) is 23.5. The summed E-state index contributed by atoms with van der Waals surface area (Å²) in [5.74, 6) is 1.61. The van der Waals surface area contributed by atoms with Crippen molar-refractivity contribution in [2.24, 2.45) is 12.1 Å². The van der Waals surface area contributed by atoms with Gasteiger partial charge in [-0.25, -0.2) is 9.99 Å². The van der Waals surface area contributed by atoms with Crippen molar-refractivity contribution in [2.45, 2.75) is 17.6 Å². The number of furan rings is 1. The lowest BCUT2D eigenvalue weighted by molar-refractivity contribution is -0.130. The summed E-state index contributed by atoms with van der Waals surface area (Å²) in [6.07, 6.45) is 4.04. The quantitative estimate of drug-likeness (QED) is 0.348. The van der Waals surface area contributed by atoms with Crippen LogP contribution >= 0.6 is 11.8 Å². The fourth-order valence-corrected chi connectivity index (χ4v) is 4.80. The molecule has 0 N–H and O–H groups in total. The van der Waals surface area contributed by atoms with Crippen molar-refractivity contribution in [1.29, 1.82) is 0 Å². The van der Waals surface area contributed by atoms with E-state index < -0.39 is 0 Å². The van der Waals surface area contributed by atoms with Crippen molar-refractivity contribution in [3.05, 3.63) is 90.5 Å². The fraction of sp³-hybridized carbons (Fsp3) is 0.192. The van der Waals surface area contributed by atoms with Crippen LogP contribution in [0.4, 0.5) is 0 Å². The second-order valence-electron chi connectivity index (χ2n) is 7.89. The van der Waals surface area contributed by atoms with Crippen LogP contribution in [0.15, 0.2) is 93.9 Å². The van der Waals surface area contributed by atoms with Gasteiger partial charge in [0.05, 0.1) is 36.7 Å². The van der Waals surface area contributed by atoms with Crippen LogP contribution in [0.2, 0.25) is 0 Å². The van der Waals surface area contributed by atoms with E-state index in [2.05, 4.69) is 4.98 Å². The van der Waals surface area contributed by atoms with E-state index in [1.165, 1.54) is 11.8 Å². The summed E-state index contributed by atoms with van der Waals surface area (Å²) in [6, 6.07) is 21.2. The van der Waals surface area contributed by atoms with Gasteiger partial charge in [0.15, 0.2) is 5.16 Å². The molecule has 0 radical (unpaired) electrons. The molecular formula is C26H24N4O3S. The highest BCUT2D eigenvalue weighted by molar-refractivity contribution is 7.99. The Morgan fingerprint density at radius 3 is 2.59 bits per heavy atom. The first-order valence-corrected chi connectivity index (χ1v) is 11.9. The number of hydrogen-bond acceptors (Lipinski definition) is 6. The number of carbonyl (C=O) groups excluding carboxylic acids is 1. The summed E-state index contributed by atoms with van der Waals surface area (Å²) in [7, 11) is 3.60. The third-order valence-electron chi connectivity index (χ3n) is 5.80. The van der Waals surface area contributed by atoms with Crippen LogP contribution in [0.25, 0.3) is 11.3 Å². The van der Waals surface area contributed by atoms with Gasteiger partial charge in [0, 0.05) is 13.5 Å². The van der Waals surface area contributed by atoms with Gasteiger partial charge in [-0.3, -0.25) is 4.79 Å². The number of benzene rings is 2. The molecule has 172 valence electrons. The number of aromatic nitrogens is 2. The summed E-state index contributed by atoms with van der Waals surface area (Å²) >= 11 is 1.40. The highest BCUT2D eigenvalue weighted by Gasteiger charge is 2.35. The van der Waals surface area contributed by atoms with E-state index in [0.717, 1.165) is 33.4 Å². The molecule has 1 aliphatic heterocycles. The van der Waals surface area contributed by atoms with Gasteiger partial charge in [0.1, 0.15) is 17.6 Å². The van der Waals surface area contributed by atoms with Gasteiger partial charge >= 0.3 is 0 Å². The molecule has 0 spiro atoms. The van der Waals surface area contributed by atoms with Crippen LogP contribution in [-0.4, -0.2) is 39.0 Å². The van der Waals surface area contributed by atoms with Crippen LogP contribution in [0.5, 0.6) is 5.75 Å². The molecule has 3 heterocycles. The van der Waals surface area contributed by atoms with E-state index in [0.29, 0.717) is 12.2 Å². The number of imidazole rings is 1. The Balaban J connectivity index is 1.34. The first-order valence-electron chi connectivity index (χ1n) is 10.9. The predicted molar refractivity (Wildman–Crippen MR) is 132 cm³/mol. The second kappa shape index (κ2) is 9.61. The largest absolute Gasteiger partial charge is 0.497 e. The highest BCUT2D eigenvalue weighted by atomic mass is 32.2. The topological polar surface area (TPSA) is 72.9 Å². The third-order valence-corrected chi connectivity index (χ3v) is 6.83. The SMILES string of the molecule is COc1ccc(C2=NN(C(=O)CSc3ncc(-c4ccccc4)n3C)[C@H](c3ccco3)C2)cc1. The van der Waals surface area contributed by atoms with E-state index in [9.17, 15) is 4.79 Å². The van der Waals surface area contributed by atoms with Crippen molar-refractivity contribution in [1.82, 2.24) is 14.6 Å². The molecule has 2 aromatic carbocycles. The monoisotopic (exact) mass is 472 g/mol. The molecule has 2 aromatic heterocycles. The van der Waals surface area contributed by atoms with E-state index in [4.69, 9.17) is 14.3 Å². The maximum Gasteiger partial charge on any atom is 0.253 e. The van der Waals surface area contributed by atoms with Crippen LogP contribution < -0.4 is 4.74 Å². The lowest BCUT2D eigenvalue weighted by Gasteiger charge is -2.19. The first-order chi connectivity index (χ1) is 16.6. The predicted octanol–water partition coefficient (Wildman–Crippen LogP) is 5.16. The van der Waals surface area contributed by atoms with E-state index >= 15 is 0 Å². The van der Waals surface area contributed by atoms with Crippen LogP contribution in [0.1, 0.15) is 23.8 Å². The van der Waals surface area contributed by atoms with E-state index in [1.54, 1.807) is 18.4 Å². The maximum atomic E-state index is 13.3. The Labute approximate surface area is 202 Å². The van der Waals surface area contributed by atoms with Gasteiger partial charge < -0.3 is 13.7 Å². The van der Waals surface area contributed by atoms with E-state index in [1.807, 2.05) is 84.5 Å². The second-order valence-corrected chi connectivity index (χ2v) is 8.83. The summed E-state index contributed by atoms with van der Waals surface area (Å²) < 4.78 is 12.9. The highest BCUT2D eigenvalue weighted by Crippen LogP contribution is 2.34. The molecule has 0 saturated carbocycles. The number of ether oxygens (including phenoxy) is 1. The molecule has 5 rings (SSSR count). The molecule has 8 heteroatoms. The number of carbonyl (C=O) groups is 1. The van der Waals surface area contributed by atoms with Crippen LogP contribution in [0, 0.1) is 0 Å². The van der Waals surface area contributed by atoms with Crippen LogP contribution in [-0.2, 0) is 11.8 Å². The van der Waals surface area contributed by atoms with Crippen molar-refractivity contribution >= 4 is 23.4 Å². The molecule has 0 unspecified atom stereocenters. The molecule has 0 aliphatic carbocycles. The molecule has 0 bridgehead atoms. The lowest BCUT2D eigenvalue weighted by Crippen LogP contribution is -2.28. The lowest BCUT2D eigenvalue weighted by atomic mass is 10.0. The summed E-state index contributed by atoms with van der Waals surface area (Å²) in [6.45, 7) is 0. The Hall–Kier alpha value is -3.78. The minimum atomic E-state index is -0.276. The standard InChI is InChI=1S/C26H24N4O3S/c1-29-23(19-7-4-3-5-8-19)16-27-26(29)34-17-25(31)30-22(24-9-6-14-33-24)15-21(28-30)18-10-12-20(32-2)13-11-18/h3-14,16,22H,15,17H2,1-2H3/t22-/m0/s1. The Morgan fingerprint density at radius 2 is 1.88 bits per heavy atom. The number of hydrazone groups is 1. The number of thioether (sulfide) groups is 1. The maximum absolute atomic E-state index is 13.3. The molecule has 1 aliphatic rings. The van der Waals surface area contributed by atoms with Crippen molar-refractivity contribution in [3.8, 4) is 17.0 Å². The Bertz CT molecular complexity index is 1300. The minimum absolute atomic E-state index is 0.0980. The van der Waals surface area contributed by atoms with Gasteiger partial charge in [-0.15, -0.1) is 0 Å². The van der Waals surface area contributed by atoms with Crippen molar-refractivity contribution in [2.75, 3.05) is 12.9 Å². The number of rotatable bonds is 7. The number of nitrogens with zero attached hydrogens (tertiary/aromatic N) is 4. The average molecular weight is 473 g/mol. The normalized spacial score (nSPS) is 15.4. The van der Waals surface area contributed by atoms with Crippen LogP contribution in [0.3, 0.4) is 0 Å². The van der Waals surface area contributed by atoms with Crippen molar-refractivity contribution < 1.29 is 13.9 Å². The smallest absolute Gasteiger partial charge is 0.253 e. The Kier molecular flexibility index (Phi) is 6.22. The van der Waals surface area contributed by atoms with E-state index in [-0.39, 0.29) is 17.7 Å². The van der Waals surface area contributed by atoms with Crippen molar-refractivity contribution in [3.63, 3.8) is 0 Å². The average Bonchev–Trinajstić information content (AvgIpc) is 3.63.